The summed E-state index contributed by atoms with van der Waals surface area (Å²) < 4.78 is 0. The van der Waals surface area contributed by atoms with Gasteiger partial charge in [0.2, 0.25) is 0 Å². The molecule has 1 aliphatic carbocycles. The van der Waals surface area contributed by atoms with Gasteiger partial charge in [0.05, 0.1) is 0 Å². The van der Waals surface area contributed by atoms with Crippen molar-refractivity contribution in [2.45, 2.75) is 51.0 Å². The predicted molar refractivity (Wildman–Crippen MR) is 72.5 cm³/mol. The number of hydrogen-bond donors (Lipinski definition) is 2. The predicted octanol–water partition coefficient (Wildman–Crippen LogP) is 2.99. The van der Waals surface area contributed by atoms with Crippen molar-refractivity contribution in [3.63, 3.8) is 0 Å². The van der Waals surface area contributed by atoms with E-state index in [1.807, 2.05) is 0 Å². The average molecular weight is 232 g/mol. The average Bonchev–Trinajstić information content (AvgIpc) is 3.18. The molecule has 2 rings (SSSR count). The molecule has 1 fully saturated rings. The summed E-state index contributed by atoms with van der Waals surface area (Å²) in [5.41, 5.74) is 4.86. The Bertz CT molecular complexity index is 339. The molecule has 0 bridgehead atoms. The molecular weight excluding hydrogens is 208 g/mol. The molecule has 1 unspecified atom stereocenters. The Morgan fingerprint density at radius 3 is 2.18 bits per heavy atom. The van der Waals surface area contributed by atoms with E-state index in [1.54, 1.807) is 0 Å². The van der Waals surface area contributed by atoms with Crippen molar-refractivity contribution >= 4 is 0 Å². The summed E-state index contributed by atoms with van der Waals surface area (Å²) in [4.78, 5) is 0. The highest BCUT2D eigenvalue weighted by Gasteiger charge is 2.52. The van der Waals surface area contributed by atoms with Gasteiger partial charge >= 0.3 is 0 Å². The summed E-state index contributed by atoms with van der Waals surface area (Å²) in [6.45, 7) is 4.53. The summed E-state index contributed by atoms with van der Waals surface area (Å²) in [5, 5.41) is 0. The third-order valence-corrected chi connectivity index (χ3v) is 4.43. The largest absolute Gasteiger partial charge is 0.271 e. The first kappa shape index (κ1) is 12.6. The molecule has 0 heterocycles. The lowest BCUT2D eigenvalue weighted by molar-refractivity contribution is 0.280. The second-order valence-corrected chi connectivity index (χ2v) is 5.24. The SMILES string of the molecule is CCC(CC)C(NN)C1(c2ccccc2)CC1. The van der Waals surface area contributed by atoms with Crippen molar-refractivity contribution in [1.29, 1.82) is 0 Å². The molecule has 1 saturated carbocycles. The minimum absolute atomic E-state index is 0.298. The highest BCUT2D eigenvalue weighted by Crippen LogP contribution is 2.53. The number of nitrogens with two attached hydrogens (primary N) is 1. The van der Waals surface area contributed by atoms with Crippen LogP contribution in [0.15, 0.2) is 30.3 Å². The number of benzene rings is 1. The fourth-order valence-corrected chi connectivity index (χ4v) is 3.19. The molecule has 17 heavy (non-hydrogen) atoms. The highest BCUT2D eigenvalue weighted by molar-refractivity contribution is 5.34. The van der Waals surface area contributed by atoms with Gasteiger partial charge in [0.1, 0.15) is 0 Å². The first-order valence-electron chi connectivity index (χ1n) is 6.80. The molecule has 1 aromatic rings. The maximum Gasteiger partial charge on any atom is 0.0335 e. The fourth-order valence-electron chi connectivity index (χ4n) is 3.19. The van der Waals surface area contributed by atoms with E-state index in [0.717, 1.165) is 0 Å². The Hall–Kier alpha value is -0.860. The minimum Gasteiger partial charge on any atom is -0.271 e. The van der Waals surface area contributed by atoms with E-state index in [9.17, 15) is 0 Å². The molecule has 2 heteroatoms. The van der Waals surface area contributed by atoms with Crippen LogP contribution in [0.25, 0.3) is 0 Å². The molecule has 3 N–H and O–H groups in total. The molecule has 0 aliphatic heterocycles. The standard InChI is InChI=1S/C15H24N2/c1-3-12(4-2)14(17-16)15(10-11-15)13-8-6-5-7-9-13/h5-9,12,14,17H,3-4,10-11,16H2,1-2H3. The molecule has 2 nitrogen and oxygen atoms in total. The molecule has 1 aromatic carbocycles. The molecule has 1 atom stereocenters. The van der Waals surface area contributed by atoms with Crippen molar-refractivity contribution in [2.75, 3.05) is 0 Å². The van der Waals surface area contributed by atoms with Crippen LogP contribution < -0.4 is 11.3 Å². The third-order valence-electron chi connectivity index (χ3n) is 4.43. The van der Waals surface area contributed by atoms with E-state index < -0.39 is 0 Å². The smallest absolute Gasteiger partial charge is 0.0335 e. The van der Waals surface area contributed by atoms with Crippen LogP contribution in [-0.4, -0.2) is 6.04 Å². The van der Waals surface area contributed by atoms with Gasteiger partial charge < -0.3 is 0 Å². The zero-order valence-electron chi connectivity index (χ0n) is 10.9. The van der Waals surface area contributed by atoms with Crippen molar-refractivity contribution in [2.24, 2.45) is 11.8 Å². The number of rotatable bonds is 6. The molecule has 0 radical (unpaired) electrons. The van der Waals surface area contributed by atoms with Crippen LogP contribution in [-0.2, 0) is 5.41 Å². The fraction of sp³-hybridized carbons (Fsp3) is 0.600. The van der Waals surface area contributed by atoms with Gasteiger partial charge in [-0.3, -0.25) is 11.3 Å². The lowest BCUT2D eigenvalue weighted by Gasteiger charge is -2.33. The van der Waals surface area contributed by atoms with Gasteiger partial charge in [0.25, 0.3) is 0 Å². The Morgan fingerprint density at radius 2 is 1.76 bits per heavy atom. The van der Waals surface area contributed by atoms with E-state index in [0.29, 0.717) is 17.4 Å². The van der Waals surface area contributed by atoms with Crippen LogP contribution >= 0.6 is 0 Å². The Morgan fingerprint density at radius 1 is 1.18 bits per heavy atom. The lowest BCUT2D eigenvalue weighted by Crippen LogP contribution is -2.48. The van der Waals surface area contributed by atoms with Crippen molar-refractivity contribution in [3.8, 4) is 0 Å². The van der Waals surface area contributed by atoms with Crippen LogP contribution in [0.3, 0.4) is 0 Å². The van der Waals surface area contributed by atoms with Crippen LogP contribution in [0.2, 0.25) is 0 Å². The van der Waals surface area contributed by atoms with Gasteiger partial charge in [-0.2, -0.15) is 0 Å². The summed E-state index contributed by atoms with van der Waals surface area (Å²) in [6, 6.07) is 11.3. The van der Waals surface area contributed by atoms with Gasteiger partial charge in [-0.25, -0.2) is 0 Å². The third kappa shape index (κ3) is 2.24. The Balaban J connectivity index is 2.25. The van der Waals surface area contributed by atoms with E-state index in [2.05, 4.69) is 49.6 Å². The Labute approximate surface area is 105 Å². The molecule has 0 amide bonds. The zero-order chi connectivity index (χ0) is 12.3. The van der Waals surface area contributed by atoms with Crippen LogP contribution in [0.4, 0.5) is 0 Å². The summed E-state index contributed by atoms with van der Waals surface area (Å²) in [7, 11) is 0. The van der Waals surface area contributed by atoms with E-state index in [-0.39, 0.29) is 0 Å². The molecular formula is C15H24N2. The molecule has 0 aromatic heterocycles. The van der Waals surface area contributed by atoms with E-state index in [1.165, 1.54) is 31.2 Å². The Kier molecular flexibility index (Phi) is 3.85. The quantitative estimate of drug-likeness (QED) is 0.584. The first-order chi connectivity index (χ1) is 8.28. The van der Waals surface area contributed by atoms with Gasteiger partial charge in [-0.15, -0.1) is 0 Å². The van der Waals surface area contributed by atoms with Crippen LogP contribution in [0.5, 0.6) is 0 Å². The normalized spacial score (nSPS) is 19.3. The lowest BCUT2D eigenvalue weighted by atomic mass is 9.79. The number of nitrogens with one attached hydrogen (secondary N) is 1. The monoisotopic (exact) mass is 232 g/mol. The number of hydrogen-bond acceptors (Lipinski definition) is 2. The minimum atomic E-state index is 0.298. The van der Waals surface area contributed by atoms with Crippen molar-refractivity contribution < 1.29 is 0 Å². The maximum absolute atomic E-state index is 5.84. The van der Waals surface area contributed by atoms with E-state index >= 15 is 0 Å². The van der Waals surface area contributed by atoms with Gasteiger partial charge in [-0.05, 0) is 24.3 Å². The van der Waals surface area contributed by atoms with Gasteiger partial charge in [-0.1, -0.05) is 57.0 Å². The van der Waals surface area contributed by atoms with Gasteiger partial charge in [0, 0.05) is 11.5 Å². The van der Waals surface area contributed by atoms with Gasteiger partial charge in [0.15, 0.2) is 0 Å². The summed E-state index contributed by atoms with van der Waals surface area (Å²) >= 11 is 0. The van der Waals surface area contributed by atoms with E-state index in [4.69, 9.17) is 5.84 Å². The molecule has 1 aliphatic rings. The summed E-state index contributed by atoms with van der Waals surface area (Å²) in [5.74, 6) is 6.51. The zero-order valence-corrected chi connectivity index (χ0v) is 10.9. The summed E-state index contributed by atoms with van der Waals surface area (Å²) in [6.07, 6.45) is 4.92. The highest BCUT2D eigenvalue weighted by atomic mass is 15.2. The van der Waals surface area contributed by atoms with Crippen molar-refractivity contribution in [1.82, 2.24) is 5.43 Å². The molecule has 0 saturated heterocycles. The van der Waals surface area contributed by atoms with Crippen LogP contribution in [0.1, 0.15) is 45.1 Å². The topological polar surface area (TPSA) is 38.0 Å². The van der Waals surface area contributed by atoms with Crippen LogP contribution in [0, 0.1) is 5.92 Å². The second-order valence-electron chi connectivity index (χ2n) is 5.24. The first-order valence-corrected chi connectivity index (χ1v) is 6.80. The second kappa shape index (κ2) is 5.19. The van der Waals surface area contributed by atoms with Crippen molar-refractivity contribution in [3.05, 3.63) is 35.9 Å². The molecule has 0 spiro atoms. The number of hydrazine groups is 1. The maximum atomic E-state index is 5.84. The molecule has 94 valence electrons.